The molecule has 486 valence electrons. The third-order valence-electron chi connectivity index (χ3n) is 15.8. The van der Waals surface area contributed by atoms with Gasteiger partial charge in [0.05, 0.1) is 50.1 Å². The summed E-state index contributed by atoms with van der Waals surface area (Å²) in [6, 6.07) is 12.6. The lowest BCUT2D eigenvalue weighted by Crippen LogP contribution is -2.64. The summed E-state index contributed by atoms with van der Waals surface area (Å²) in [5.74, 6) is -8.37. The number of aliphatic hydroxyl groups is 7. The summed E-state index contributed by atoms with van der Waals surface area (Å²) in [4.78, 5) is 117. The van der Waals surface area contributed by atoms with Crippen molar-refractivity contribution >= 4 is 58.2 Å². The summed E-state index contributed by atoms with van der Waals surface area (Å²) >= 11 is 0. The number of carbonyl (C=O) groups excluding carboxylic acids is 8. The Hall–Kier alpha value is -8.53. The Morgan fingerprint density at radius 3 is 2.12 bits per heavy atom. The number of aliphatic hydroxyl groups excluding tert-OH is 7. The molecule has 0 aliphatic carbocycles. The Bertz CT molecular complexity index is 3170. The molecule has 7 rings (SSSR count). The molecule has 14 atom stereocenters. The van der Waals surface area contributed by atoms with Crippen molar-refractivity contribution in [1.82, 2.24) is 41.7 Å². The molecule has 0 spiro atoms. The van der Waals surface area contributed by atoms with Gasteiger partial charge in [-0.25, -0.2) is 4.79 Å². The first-order chi connectivity index (χ1) is 43.1. The van der Waals surface area contributed by atoms with Crippen LogP contribution in [-0.4, -0.2) is 210 Å². The molecule has 14 N–H and O–H groups in total. The largest absolute Gasteiger partial charge is 0.508 e. The van der Waals surface area contributed by atoms with Crippen molar-refractivity contribution in [2.45, 2.75) is 163 Å². The van der Waals surface area contributed by atoms with Crippen LogP contribution in [-0.2, 0) is 44.8 Å². The van der Waals surface area contributed by atoms with E-state index in [1.807, 2.05) is 0 Å². The van der Waals surface area contributed by atoms with E-state index in [1.54, 1.807) is 60.7 Å². The molecule has 3 aliphatic rings. The molecule has 0 unspecified atom stereocenters. The van der Waals surface area contributed by atoms with Crippen molar-refractivity contribution in [2.75, 3.05) is 32.8 Å². The van der Waals surface area contributed by atoms with Crippen LogP contribution in [0.1, 0.15) is 99.2 Å². The fourth-order valence-corrected chi connectivity index (χ4v) is 10.8. The second-order valence-corrected chi connectivity index (χ2v) is 22.5. The highest BCUT2D eigenvalue weighted by Gasteiger charge is 2.49. The number of hydrogen-bond acceptors (Lipinski definition) is 20. The van der Waals surface area contributed by atoms with Crippen LogP contribution >= 0.6 is 0 Å². The first-order valence-electron chi connectivity index (χ1n) is 29.9. The van der Waals surface area contributed by atoms with Gasteiger partial charge in [0, 0.05) is 38.0 Å². The van der Waals surface area contributed by atoms with Crippen molar-refractivity contribution in [3.05, 3.63) is 108 Å². The highest BCUT2D eigenvalue weighted by Crippen LogP contribution is 2.28. The SMILES string of the molecule is CCCCCCCOc1ccc2cc(C(=O)N[C@H]3C[C@@H](O)[C@H](OCCNC(=O)OCc4ccccc4)NC(=O)[C@@H]4[C@@H](O)CCN4C(=O)[C@H]([C@H](O)CC#N)NC(=O)[C@H]([C@H](O)[C@@H](O)c4ccc(O)cc4)NC(=O)[C@@H]4C[C@@H](O)CN4C(=O)[C@H]([C@@H](C)O)NC3=O)ccc2c1. The number of benzene rings is 4. The van der Waals surface area contributed by atoms with Gasteiger partial charge in [-0.15, -0.1) is 0 Å². The van der Waals surface area contributed by atoms with Crippen LogP contribution in [0.5, 0.6) is 11.5 Å². The van der Waals surface area contributed by atoms with E-state index in [4.69, 9.17) is 14.2 Å². The highest BCUT2D eigenvalue weighted by molar-refractivity contribution is 6.02. The molecule has 0 saturated carbocycles. The average molecular weight is 1250 g/mol. The minimum absolute atomic E-state index is 0.00344. The number of fused-ring (bicyclic) bond motifs is 3. The van der Waals surface area contributed by atoms with Gasteiger partial charge >= 0.3 is 6.09 Å². The normalized spacial score (nSPS) is 25.2. The number of carbonyl (C=O) groups is 8. The van der Waals surface area contributed by atoms with Gasteiger partial charge < -0.3 is 96.8 Å². The zero-order chi connectivity index (χ0) is 65.2. The molecule has 4 aromatic rings. The van der Waals surface area contributed by atoms with Gasteiger partial charge in [0.15, 0.2) is 6.23 Å². The van der Waals surface area contributed by atoms with Crippen LogP contribution in [0, 0.1) is 11.3 Å². The Morgan fingerprint density at radius 1 is 0.733 bits per heavy atom. The van der Waals surface area contributed by atoms with Crippen LogP contribution in [0.15, 0.2) is 91.0 Å². The number of nitriles is 1. The Kier molecular flexibility index (Phi) is 25.1. The molecule has 0 aromatic heterocycles. The lowest BCUT2D eigenvalue weighted by molar-refractivity contribution is -0.149. The van der Waals surface area contributed by atoms with Crippen LogP contribution < -0.4 is 36.6 Å². The molecule has 0 radical (unpaired) electrons. The Morgan fingerprint density at radius 2 is 1.41 bits per heavy atom. The number of unbranched alkanes of at least 4 members (excludes halogenated alkanes) is 4. The molecule has 3 fully saturated rings. The molecular formula is C62H79N9O19. The first kappa shape index (κ1) is 69.0. The number of nitrogens with zero attached hydrogens (tertiary/aromatic N) is 3. The van der Waals surface area contributed by atoms with Gasteiger partial charge in [-0.05, 0) is 78.1 Å². The molecule has 3 heterocycles. The van der Waals surface area contributed by atoms with Crippen molar-refractivity contribution in [3.63, 3.8) is 0 Å². The van der Waals surface area contributed by atoms with E-state index in [0.717, 1.165) is 61.0 Å². The van der Waals surface area contributed by atoms with E-state index in [2.05, 4.69) is 38.8 Å². The summed E-state index contributed by atoms with van der Waals surface area (Å²) < 4.78 is 17.2. The number of amides is 8. The van der Waals surface area contributed by atoms with Crippen LogP contribution in [0.25, 0.3) is 10.8 Å². The van der Waals surface area contributed by atoms with Gasteiger partial charge in [0.25, 0.3) is 5.91 Å². The Balaban J connectivity index is 1.26. The van der Waals surface area contributed by atoms with Gasteiger partial charge in [-0.2, -0.15) is 5.26 Å². The van der Waals surface area contributed by atoms with E-state index in [1.165, 1.54) is 24.3 Å². The predicted molar refractivity (Wildman–Crippen MR) is 318 cm³/mol. The third-order valence-corrected chi connectivity index (χ3v) is 15.8. The van der Waals surface area contributed by atoms with Gasteiger partial charge in [-0.3, -0.25) is 33.6 Å². The fraction of sp³-hybridized carbons (Fsp3) is 0.500. The van der Waals surface area contributed by atoms with Crippen molar-refractivity contribution in [3.8, 4) is 17.6 Å². The highest BCUT2D eigenvalue weighted by atomic mass is 16.6. The predicted octanol–water partition coefficient (Wildman–Crippen LogP) is -0.729. The molecular weight excluding hydrogens is 1170 g/mol. The summed E-state index contributed by atoms with van der Waals surface area (Å²) in [5, 5.41) is 116. The minimum Gasteiger partial charge on any atom is -0.508 e. The van der Waals surface area contributed by atoms with Gasteiger partial charge in [0.1, 0.15) is 72.7 Å². The van der Waals surface area contributed by atoms with Crippen LogP contribution in [0.2, 0.25) is 0 Å². The summed E-state index contributed by atoms with van der Waals surface area (Å²) in [6.07, 6.45) is -14.0. The Labute approximate surface area is 518 Å². The quantitative estimate of drug-likeness (QED) is 0.0457. The number of phenols is 1. The van der Waals surface area contributed by atoms with E-state index < -0.39 is 172 Å². The maximum absolute atomic E-state index is 14.8. The number of hydrogen-bond donors (Lipinski definition) is 14. The smallest absolute Gasteiger partial charge is 0.407 e. The maximum Gasteiger partial charge on any atom is 0.407 e. The monoisotopic (exact) mass is 1250 g/mol. The lowest BCUT2D eigenvalue weighted by atomic mass is 9.96. The van der Waals surface area contributed by atoms with Gasteiger partial charge in [-0.1, -0.05) is 87.2 Å². The molecule has 90 heavy (non-hydrogen) atoms. The van der Waals surface area contributed by atoms with E-state index in [-0.39, 0.29) is 36.4 Å². The third kappa shape index (κ3) is 18.3. The van der Waals surface area contributed by atoms with E-state index in [9.17, 15) is 84.5 Å². The van der Waals surface area contributed by atoms with E-state index in [0.29, 0.717) is 28.7 Å². The second kappa shape index (κ2) is 32.8. The van der Waals surface area contributed by atoms with Crippen LogP contribution in [0.3, 0.4) is 0 Å². The average Bonchev–Trinajstić information content (AvgIpc) is 1.82. The number of nitrogens with one attached hydrogen (secondary N) is 6. The zero-order valence-corrected chi connectivity index (χ0v) is 49.8. The van der Waals surface area contributed by atoms with E-state index >= 15 is 0 Å². The van der Waals surface area contributed by atoms with Crippen LogP contribution in [0.4, 0.5) is 4.79 Å². The number of aromatic hydroxyl groups is 1. The molecule has 3 aliphatic heterocycles. The number of alkyl carbamates (subject to hydrolysis) is 1. The molecule has 28 nitrogen and oxygen atoms in total. The van der Waals surface area contributed by atoms with Crippen molar-refractivity contribution in [1.29, 1.82) is 5.26 Å². The van der Waals surface area contributed by atoms with Crippen molar-refractivity contribution < 1.29 is 93.4 Å². The minimum atomic E-state index is -2.38. The molecule has 8 amide bonds. The zero-order valence-electron chi connectivity index (χ0n) is 49.8. The number of rotatable bonds is 21. The molecule has 4 aromatic carbocycles. The standard InChI is InChI=1S/C62H79N9O19/c1-3-4-5-6-10-26-88-42-20-17-37-28-39(14-13-38(37)29-42)54(80)65-43-31-47(77)59(89-27-24-64-62(87)90-33-35-11-8-7-9-12-35)69-58(84)51-46(76)22-25-70(51)61(86)49(45(75)21-23-63)67-57(83)50(53(79)52(78)36-15-18-40(73)19-16-36)68-56(82)44-30-41(74)32-71(44)60(85)48(34(2)72)66-55(43)81/h7-9,11-20,28-29,34,41,43-53,59,72-79H,3-6,10,21-22,24-27,30-33H2,1-2H3,(H,64,87)(H,65,80)(H,66,81)(H,67,83)(H,68,82)(H,69,84)/t34-,41-,43+,44+,45-,46+,47-,48+,49+,50+,51+,52+,53+,59+/m1/s1. The van der Waals surface area contributed by atoms with Crippen molar-refractivity contribution in [2.24, 2.45) is 0 Å². The second-order valence-electron chi connectivity index (χ2n) is 22.5. The topological polar surface area (TPSA) is 429 Å². The lowest BCUT2D eigenvalue weighted by Gasteiger charge is -2.34. The fourth-order valence-electron chi connectivity index (χ4n) is 10.8. The number of phenolic OH excluding ortho intramolecular Hbond substituents is 1. The number of ether oxygens (including phenoxy) is 3. The van der Waals surface area contributed by atoms with Gasteiger partial charge in [0.2, 0.25) is 35.4 Å². The molecule has 3 saturated heterocycles. The summed E-state index contributed by atoms with van der Waals surface area (Å²) in [6.45, 7) is 1.65. The summed E-state index contributed by atoms with van der Waals surface area (Å²) in [5.41, 5.74) is 0.541. The molecule has 28 heteroatoms. The molecule has 0 bridgehead atoms. The first-order valence-corrected chi connectivity index (χ1v) is 29.9. The maximum atomic E-state index is 14.8. The summed E-state index contributed by atoms with van der Waals surface area (Å²) in [7, 11) is 0.